The second kappa shape index (κ2) is 5.01. The van der Waals surface area contributed by atoms with E-state index in [0.717, 1.165) is 16.7 Å². The molecule has 0 radical (unpaired) electrons. The molecule has 4 heteroatoms. The molecule has 0 amide bonds. The average molecular weight is 271 g/mol. The third-order valence-electron chi connectivity index (χ3n) is 3.76. The number of rotatable bonds is 3. The fourth-order valence-corrected chi connectivity index (χ4v) is 2.73. The summed E-state index contributed by atoms with van der Waals surface area (Å²) in [6.07, 6.45) is 1.28. The van der Waals surface area contributed by atoms with Crippen LogP contribution >= 0.6 is 0 Å². The van der Waals surface area contributed by atoms with E-state index in [1.165, 1.54) is 0 Å². The smallest absolute Gasteiger partial charge is 0.161 e. The molecule has 0 bridgehead atoms. The van der Waals surface area contributed by atoms with Gasteiger partial charge in [0.05, 0.1) is 19.8 Å². The number of fused-ring (bicyclic) bond motifs is 1. The number of aldehydes is 1. The van der Waals surface area contributed by atoms with Crippen molar-refractivity contribution in [2.24, 2.45) is 0 Å². The van der Waals surface area contributed by atoms with Gasteiger partial charge < -0.3 is 9.47 Å². The van der Waals surface area contributed by atoms with Gasteiger partial charge in [0.15, 0.2) is 17.8 Å². The summed E-state index contributed by atoms with van der Waals surface area (Å²) in [6.45, 7) is 4.18. The van der Waals surface area contributed by atoms with Gasteiger partial charge in [-0.25, -0.2) is 0 Å². The maximum Gasteiger partial charge on any atom is 0.161 e. The van der Waals surface area contributed by atoms with Crippen molar-refractivity contribution in [2.75, 3.05) is 14.2 Å². The lowest BCUT2D eigenvalue weighted by molar-refractivity contribution is -0.104. The lowest BCUT2D eigenvalue weighted by Gasteiger charge is -2.19. The van der Waals surface area contributed by atoms with Gasteiger partial charge in [0.1, 0.15) is 6.07 Å². The first-order chi connectivity index (χ1) is 9.48. The molecule has 0 heterocycles. The fourth-order valence-electron chi connectivity index (χ4n) is 2.73. The number of nitrogens with zero attached hydrogens (tertiary/aromatic N) is 1. The third-order valence-corrected chi connectivity index (χ3v) is 3.76. The quantitative estimate of drug-likeness (QED) is 0.482. The van der Waals surface area contributed by atoms with Crippen molar-refractivity contribution in [3.05, 3.63) is 28.8 Å². The number of carbonyl (C=O) groups is 1. The fraction of sp³-hybridized carbons (Fsp3) is 0.375. The summed E-state index contributed by atoms with van der Waals surface area (Å²) < 4.78 is 10.6. The van der Waals surface area contributed by atoms with E-state index in [0.29, 0.717) is 24.2 Å². The second-order valence-corrected chi connectivity index (χ2v) is 5.44. The number of nitriles is 1. The maximum atomic E-state index is 11.1. The molecule has 1 aromatic rings. The molecule has 0 saturated carbocycles. The highest BCUT2D eigenvalue weighted by Gasteiger charge is 2.36. The molecule has 1 aromatic carbocycles. The van der Waals surface area contributed by atoms with Crippen LogP contribution in [0.5, 0.6) is 11.5 Å². The van der Waals surface area contributed by atoms with E-state index in [-0.39, 0.29) is 11.0 Å². The molecule has 0 atom stereocenters. The van der Waals surface area contributed by atoms with Crippen molar-refractivity contribution in [2.45, 2.75) is 25.7 Å². The van der Waals surface area contributed by atoms with Crippen LogP contribution < -0.4 is 9.47 Å². The van der Waals surface area contributed by atoms with E-state index in [1.807, 2.05) is 18.2 Å². The lowest BCUT2D eigenvalue weighted by atomic mass is 9.86. The van der Waals surface area contributed by atoms with Crippen molar-refractivity contribution in [1.29, 1.82) is 5.26 Å². The van der Waals surface area contributed by atoms with E-state index in [1.54, 1.807) is 14.2 Å². The van der Waals surface area contributed by atoms with Crippen molar-refractivity contribution in [1.82, 2.24) is 0 Å². The molecule has 20 heavy (non-hydrogen) atoms. The van der Waals surface area contributed by atoms with E-state index >= 15 is 0 Å². The van der Waals surface area contributed by atoms with Gasteiger partial charge in [0.2, 0.25) is 0 Å². The predicted molar refractivity (Wildman–Crippen MR) is 75.8 cm³/mol. The van der Waals surface area contributed by atoms with E-state index in [4.69, 9.17) is 14.7 Å². The summed E-state index contributed by atoms with van der Waals surface area (Å²) in [5, 5.41) is 9.11. The van der Waals surface area contributed by atoms with Crippen LogP contribution in [-0.2, 0) is 10.2 Å². The zero-order chi connectivity index (χ0) is 14.9. The summed E-state index contributed by atoms with van der Waals surface area (Å²) in [5.74, 6) is 1.26. The maximum absolute atomic E-state index is 11.1. The summed E-state index contributed by atoms with van der Waals surface area (Å²) in [4.78, 5) is 11.1. The Morgan fingerprint density at radius 1 is 1.30 bits per heavy atom. The zero-order valence-electron chi connectivity index (χ0n) is 12.1. The van der Waals surface area contributed by atoms with Crippen LogP contribution in [0.1, 0.15) is 31.4 Å². The largest absolute Gasteiger partial charge is 0.493 e. The molecule has 0 aromatic heterocycles. The van der Waals surface area contributed by atoms with Gasteiger partial charge in [-0.1, -0.05) is 13.8 Å². The van der Waals surface area contributed by atoms with E-state index in [9.17, 15) is 4.79 Å². The van der Waals surface area contributed by atoms with Crippen LogP contribution in [-0.4, -0.2) is 20.5 Å². The number of carbonyl (C=O) groups excluding carboxylic acids is 1. The normalized spacial score (nSPS) is 17.9. The molecule has 0 fully saturated rings. The first-order valence-electron chi connectivity index (χ1n) is 6.33. The van der Waals surface area contributed by atoms with Crippen LogP contribution in [0.3, 0.4) is 0 Å². The number of ether oxygens (including phenoxy) is 2. The molecule has 4 nitrogen and oxygen atoms in total. The van der Waals surface area contributed by atoms with Crippen LogP contribution in [0.25, 0.3) is 5.57 Å². The van der Waals surface area contributed by atoms with Gasteiger partial charge in [-0.05, 0) is 40.7 Å². The van der Waals surface area contributed by atoms with Crippen LogP contribution in [0.4, 0.5) is 0 Å². The third kappa shape index (κ3) is 2.05. The molecule has 0 unspecified atom stereocenters. The van der Waals surface area contributed by atoms with Gasteiger partial charge in [-0.3, -0.25) is 4.79 Å². The molecule has 2 rings (SSSR count). The highest BCUT2D eigenvalue weighted by Crippen LogP contribution is 2.49. The molecule has 0 N–H and O–H groups in total. The molecule has 0 saturated heterocycles. The van der Waals surface area contributed by atoms with Crippen molar-refractivity contribution < 1.29 is 14.3 Å². The summed E-state index contributed by atoms with van der Waals surface area (Å²) in [5.41, 5.74) is 2.79. The summed E-state index contributed by atoms with van der Waals surface area (Å²) >= 11 is 0. The van der Waals surface area contributed by atoms with Gasteiger partial charge in [0.25, 0.3) is 0 Å². The zero-order valence-corrected chi connectivity index (χ0v) is 12.1. The van der Waals surface area contributed by atoms with Gasteiger partial charge in [0, 0.05) is 0 Å². The molecule has 1 aliphatic carbocycles. The number of hydrogen-bond donors (Lipinski definition) is 0. The Kier molecular flexibility index (Phi) is 3.54. The number of methoxy groups -OCH3 is 2. The SMILES string of the molecule is COc1cc2c(cc1OC)C(C)(C)C/C2=C(/C#N)C=O. The average Bonchev–Trinajstić information content (AvgIpc) is 2.70. The Morgan fingerprint density at radius 3 is 2.40 bits per heavy atom. The Balaban J connectivity index is 2.77. The summed E-state index contributed by atoms with van der Waals surface area (Å²) in [7, 11) is 3.16. The molecule has 0 aliphatic heterocycles. The number of hydrogen-bond acceptors (Lipinski definition) is 4. The molecular weight excluding hydrogens is 254 g/mol. The number of benzene rings is 1. The molecule has 0 spiro atoms. The second-order valence-electron chi connectivity index (χ2n) is 5.44. The van der Waals surface area contributed by atoms with Gasteiger partial charge in [-0.15, -0.1) is 0 Å². The minimum Gasteiger partial charge on any atom is -0.493 e. The van der Waals surface area contributed by atoms with E-state index in [2.05, 4.69) is 13.8 Å². The van der Waals surface area contributed by atoms with Crippen LogP contribution in [0, 0.1) is 11.3 Å². The Labute approximate surface area is 118 Å². The van der Waals surface area contributed by atoms with Crippen molar-refractivity contribution >= 4 is 11.9 Å². The first kappa shape index (κ1) is 14.1. The number of allylic oxidation sites excluding steroid dienone is 2. The van der Waals surface area contributed by atoms with Gasteiger partial charge in [-0.2, -0.15) is 5.26 Å². The predicted octanol–water partition coefficient (Wildman–Crippen LogP) is 2.86. The molecular formula is C16H17NO3. The Morgan fingerprint density at radius 2 is 1.90 bits per heavy atom. The van der Waals surface area contributed by atoms with Crippen molar-refractivity contribution in [3.63, 3.8) is 0 Å². The van der Waals surface area contributed by atoms with Crippen molar-refractivity contribution in [3.8, 4) is 17.6 Å². The van der Waals surface area contributed by atoms with Crippen LogP contribution in [0.15, 0.2) is 17.7 Å². The molecule has 104 valence electrons. The van der Waals surface area contributed by atoms with Gasteiger partial charge >= 0.3 is 0 Å². The minimum absolute atomic E-state index is 0.144. The van der Waals surface area contributed by atoms with E-state index < -0.39 is 0 Å². The summed E-state index contributed by atoms with van der Waals surface area (Å²) in [6, 6.07) is 5.76. The highest BCUT2D eigenvalue weighted by molar-refractivity contribution is 5.95. The lowest BCUT2D eigenvalue weighted by Crippen LogP contribution is -2.12. The monoisotopic (exact) mass is 271 g/mol. The first-order valence-corrected chi connectivity index (χ1v) is 6.33. The Hall–Kier alpha value is -2.28. The molecule has 1 aliphatic rings. The standard InChI is InChI=1S/C16H17NO3/c1-16(2)7-12(10(8-17)9-18)11-5-14(19-3)15(20-4)6-13(11)16/h5-6,9H,7H2,1-4H3/b12-10+. The minimum atomic E-state index is -0.144. The Bertz CT molecular complexity index is 636. The highest BCUT2D eigenvalue weighted by atomic mass is 16.5. The van der Waals surface area contributed by atoms with Crippen LogP contribution in [0.2, 0.25) is 0 Å². The topological polar surface area (TPSA) is 59.3 Å².